The molecule has 4 amide bonds. The van der Waals surface area contributed by atoms with Crippen LogP contribution in [0.1, 0.15) is 66.4 Å². The Hall–Kier alpha value is -7.00. The van der Waals surface area contributed by atoms with Crippen molar-refractivity contribution < 1.29 is 28.8 Å². The summed E-state index contributed by atoms with van der Waals surface area (Å²) in [7, 11) is 0. The molecule has 0 spiro atoms. The Morgan fingerprint density at radius 3 is 1.51 bits per heavy atom. The van der Waals surface area contributed by atoms with E-state index in [1.165, 1.54) is 0 Å². The third-order valence-corrected chi connectivity index (χ3v) is 11.3. The summed E-state index contributed by atoms with van der Waals surface area (Å²) in [6.45, 7) is 9.64. The van der Waals surface area contributed by atoms with E-state index < -0.39 is 23.4 Å². The highest BCUT2D eigenvalue weighted by molar-refractivity contribution is 9.10. The van der Waals surface area contributed by atoms with Crippen molar-refractivity contribution >= 4 is 51.1 Å². The van der Waals surface area contributed by atoms with Crippen LogP contribution in [0.3, 0.4) is 0 Å². The molecule has 2 saturated heterocycles. The second-order valence-corrected chi connectivity index (χ2v) is 16.2. The number of Topliss-reactive ketones (excluding diaryl/α,β-unsaturated/α-hetero) is 2. The SMILES string of the molecule is Cc1cc(-n2cccn2)ccc1C(=O)C(=O)N1CCN(C(=O)c2ccccc2)C[C@H]1C.Cc1cc(Br)ccc1C(=O)C(=O)N1CCN(C(=O)c2ccccc2)C[C@H]1C.c1cn[nH]c1. The summed E-state index contributed by atoms with van der Waals surface area (Å²) >= 11 is 3.36. The standard InChI is InChI=1S/C24H24N4O3.C21H21BrN2O3.C3H4N2/c1-17-15-20(28-12-6-11-25-28)9-10-21(17)22(29)24(31)27-14-13-26(16-18(27)2)23(30)19-7-4-3-5-8-19;1-14-12-17(22)8-9-18(14)19(25)21(27)24-11-10-23(13-15(24)2)20(26)16-6-4-3-5-7-16;1-2-4-5-3-1/h3-12,15,18H,13-14,16H2,1-2H3;3-9,12,15H,10-11,13H2,1-2H3;1-3H,(H,4,5)/t18-;15-;/m11./s1. The zero-order valence-corrected chi connectivity index (χ0v) is 37.1. The van der Waals surface area contributed by atoms with Gasteiger partial charge < -0.3 is 19.6 Å². The minimum atomic E-state index is -0.533. The van der Waals surface area contributed by atoms with E-state index >= 15 is 0 Å². The van der Waals surface area contributed by atoms with E-state index in [9.17, 15) is 28.8 Å². The summed E-state index contributed by atoms with van der Waals surface area (Å²) in [4.78, 5) is 83.3. The number of halogens is 1. The highest BCUT2D eigenvalue weighted by Gasteiger charge is 2.35. The van der Waals surface area contributed by atoms with Gasteiger partial charge in [0.15, 0.2) is 0 Å². The molecule has 15 heteroatoms. The molecule has 1 N–H and O–H groups in total. The zero-order valence-electron chi connectivity index (χ0n) is 35.6. The van der Waals surface area contributed by atoms with Crippen molar-refractivity contribution in [3.63, 3.8) is 0 Å². The van der Waals surface area contributed by atoms with Crippen molar-refractivity contribution in [2.24, 2.45) is 0 Å². The van der Waals surface area contributed by atoms with Crippen LogP contribution in [0.5, 0.6) is 0 Å². The normalized spacial score (nSPS) is 15.9. The Morgan fingerprint density at radius 2 is 1.11 bits per heavy atom. The van der Waals surface area contributed by atoms with Crippen LogP contribution < -0.4 is 0 Å². The van der Waals surface area contributed by atoms with Gasteiger partial charge in [-0.1, -0.05) is 52.3 Å². The van der Waals surface area contributed by atoms with Gasteiger partial charge in [0.05, 0.1) is 5.69 Å². The quantitative estimate of drug-likeness (QED) is 0.141. The van der Waals surface area contributed by atoms with E-state index in [-0.39, 0.29) is 23.9 Å². The molecular weight excluding hydrogens is 864 g/mol. The second kappa shape index (κ2) is 21.2. The third kappa shape index (κ3) is 11.3. The van der Waals surface area contributed by atoms with E-state index in [1.54, 1.807) is 91.4 Å². The summed E-state index contributed by atoms with van der Waals surface area (Å²) in [6, 6.07) is 31.9. The van der Waals surface area contributed by atoms with Crippen LogP contribution in [0.15, 0.2) is 138 Å². The number of hydrogen-bond donors (Lipinski definition) is 1. The Morgan fingerprint density at radius 1 is 0.603 bits per heavy atom. The first kappa shape index (κ1) is 45.5. The summed E-state index contributed by atoms with van der Waals surface area (Å²) in [6.07, 6.45) is 6.96. The summed E-state index contributed by atoms with van der Waals surface area (Å²) in [5.74, 6) is -2.19. The maximum Gasteiger partial charge on any atom is 0.295 e. The Balaban J connectivity index is 0.000000190. The topological polar surface area (TPSA) is 162 Å². The lowest BCUT2D eigenvalue weighted by Gasteiger charge is -2.39. The van der Waals surface area contributed by atoms with Crippen molar-refractivity contribution in [3.8, 4) is 5.69 Å². The third-order valence-electron chi connectivity index (χ3n) is 10.8. The van der Waals surface area contributed by atoms with E-state index in [0.29, 0.717) is 61.5 Å². The van der Waals surface area contributed by atoms with Gasteiger partial charge in [0.2, 0.25) is 0 Å². The van der Waals surface area contributed by atoms with Crippen LogP contribution in [-0.2, 0) is 9.59 Å². The first-order valence-corrected chi connectivity index (χ1v) is 21.3. The molecule has 2 atom stereocenters. The van der Waals surface area contributed by atoms with Gasteiger partial charge in [0, 0.05) is 103 Å². The molecule has 63 heavy (non-hydrogen) atoms. The fourth-order valence-corrected chi connectivity index (χ4v) is 7.94. The summed E-state index contributed by atoms with van der Waals surface area (Å²) in [5.41, 5.74) is 4.36. The Bertz CT molecular complexity index is 2520. The fourth-order valence-electron chi connectivity index (χ4n) is 7.47. The number of ketones is 2. The van der Waals surface area contributed by atoms with Gasteiger partial charge in [-0.25, -0.2) is 4.68 Å². The van der Waals surface area contributed by atoms with Gasteiger partial charge in [-0.05, 0) is 112 Å². The van der Waals surface area contributed by atoms with Crippen LogP contribution in [0.25, 0.3) is 5.69 Å². The van der Waals surface area contributed by atoms with E-state index in [1.807, 2.05) is 94.6 Å². The monoisotopic (exact) mass is 912 g/mol. The number of aryl methyl sites for hydroxylation is 2. The number of carbonyl (C=O) groups is 6. The van der Waals surface area contributed by atoms with Gasteiger partial charge >= 0.3 is 0 Å². The lowest BCUT2D eigenvalue weighted by atomic mass is 10.0. The van der Waals surface area contributed by atoms with Crippen LogP contribution in [0.4, 0.5) is 0 Å². The average molecular weight is 914 g/mol. The highest BCUT2D eigenvalue weighted by atomic mass is 79.9. The molecule has 0 bridgehead atoms. The summed E-state index contributed by atoms with van der Waals surface area (Å²) in [5, 5.41) is 10.4. The second-order valence-electron chi connectivity index (χ2n) is 15.3. The molecule has 4 aromatic carbocycles. The molecule has 324 valence electrons. The maximum atomic E-state index is 13.0. The molecule has 2 aliphatic heterocycles. The highest BCUT2D eigenvalue weighted by Crippen LogP contribution is 2.21. The van der Waals surface area contributed by atoms with Gasteiger partial charge in [-0.15, -0.1) is 0 Å². The fraction of sp³-hybridized carbons (Fsp3) is 0.250. The number of aromatic nitrogens is 4. The number of amides is 4. The maximum absolute atomic E-state index is 13.0. The number of H-pyrrole nitrogens is 1. The zero-order chi connectivity index (χ0) is 45.0. The molecule has 2 fully saturated rings. The van der Waals surface area contributed by atoms with Crippen LogP contribution in [-0.4, -0.2) is 126 Å². The molecule has 14 nitrogen and oxygen atoms in total. The van der Waals surface area contributed by atoms with Gasteiger partial charge in [-0.2, -0.15) is 10.2 Å². The van der Waals surface area contributed by atoms with E-state index in [0.717, 1.165) is 21.3 Å². The molecule has 0 saturated carbocycles. The Labute approximate surface area is 374 Å². The van der Waals surface area contributed by atoms with Crippen molar-refractivity contribution in [2.45, 2.75) is 39.8 Å². The molecule has 8 rings (SSSR count). The van der Waals surface area contributed by atoms with Crippen LogP contribution >= 0.6 is 15.9 Å². The predicted octanol–water partition coefficient (Wildman–Crippen LogP) is 6.46. The predicted molar refractivity (Wildman–Crippen MR) is 241 cm³/mol. The number of nitrogens with one attached hydrogen (secondary N) is 1. The van der Waals surface area contributed by atoms with Gasteiger partial charge in [-0.3, -0.25) is 33.9 Å². The van der Waals surface area contributed by atoms with E-state index in [4.69, 9.17) is 0 Å². The van der Waals surface area contributed by atoms with Gasteiger partial charge in [0.25, 0.3) is 35.2 Å². The molecule has 0 radical (unpaired) electrons. The lowest BCUT2D eigenvalue weighted by Crippen LogP contribution is -2.56. The molecule has 4 heterocycles. The van der Waals surface area contributed by atoms with Crippen molar-refractivity contribution in [1.82, 2.24) is 39.6 Å². The average Bonchev–Trinajstić information content (AvgIpc) is 4.08. The largest absolute Gasteiger partial charge is 0.335 e. The molecule has 0 aliphatic carbocycles. The summed E-state index contributed by atoms with van der Waals surface area (Å²) < 4.78 is 2.57. The number of aromatic amines is 1. The number of carbonyl (C=O) groups excluding carboxylic acids is 6. The minimum Gasteiger partial charge on any atom is -0.335 e. The Kier molecular flexibility index (Phi) is 15.3. The number of nitrogens with zero attached hydrogens (tertiary/aromatic N) is 7. The first-order valence-electron chi connectivity index (χ1n) is 20.5. The van der Waals surface area contributed by atoms with Crippen LogP contribution in [0.2, 0.25) is 0 Å². The molecule has 0 unspecified atom stereocenters. The van der Waals surface area contributed by atoms with Gasteiger partial charge in [0.1, 0.15) is 0 Å². The number of benzene rings is 4. The number of hydrogen-bond acceptors (Lipinski definition) is 8. The van der Waals surface area contributed by atoms with Crippen molar-refractivity contribution in [3.05, 3.63) is 172 Å². The van der Waals surface area contributed by atoms with E-state index in [2.05, 4.69) is 31.2 Å². The first-order chi connectivity index (χ1) is 30.3. The minimum absolute atomic E-state index is 0.0513. The molecular formula is C48H49BrN8O6. The molecule has 2 aromatic heterocycles. The van der Waals surface area contributed by atoms with Crippen molar-refractivity contribution in [1.29, 1.82) is 0 Å². The smallest absolute Gasteiger partial charge is 0.295 e. The number of piperazine rings is 2. The number of rotatable bonds is 7. The van der Waals surface area contributed by atoms with Crippen LogP contribution in [0, 0.1) is 13.8 Å². The molecule has 6 aromatic rings. The van der Waals surface area contributed by atoms with Crippen molar-refractivity contribution in [2.75, 3.05) is 39.3 Å². The lowest BCUT2D eigenvalue weighted by molar-refractivity contribution is -0.130. The molecule has 2 aliphatic rings.